The molecule has 90 valence electrons. The van der Waals surface area contributed by atoms with Crippen LogP contribution in [0.15, 0.2) is 12.7 Å². The Morgan fingerprint density at radius 2 is 2.38 bits per heavy atom. The van der Waals surface area contributed by atoms with Crippen molar-refractivity contribution in [3.63, 3.8) is 0 Å². The van der Waals surface area contributed by atoms with Crippen LogP contribution in [0.1, 0.15) is 25.7 Å². The molecule has 1 unspecified atom stereocenters. The summed E-state index contributed by atoms with van der Waals surface area (Å²) in [5.41, 5.74) is 0.250. The fraction of sp³-hybridized carbons (Fsp3) is 0.769. The fourth-order valence-electron chi connectivity index (χ4n) is 2.85. The molecule has 0 aromatic heterocycles. The molecule has 0 N–H and O–H groups in total. The number of methoxy groups -OCH3 is 1. The lowest BCUT2D eigenvalue weighted by molar-refractivity contribution is -0.131. The number of carbonyl (C=O) groups is 1. The predicted molar refractivity (Wildman–Crippen MR) is 63.0 cm³/mol. The van der Waals surface area contributed by atoms with Gasteiger partial charge in [0.25, 0.3) is 0 Å². The van der Waals surface area contributed by atoms with E-state index in [0.717, 1.165) is 19.7 Å². The minimum Gasteiger partial charge on any atom is -0.384 e. The number of amides is 1. The number of carbonyl (C=O) groups excluding carboxylic acids is 1. The van der Waals surface area contributed by atoms with Crippen LogP contribution in [-0.2, 0) is 9.53 Å². The molecule has 1 saturated carbocycles. The highest BCUT2D eigenvalue weighted by Crippen LogP contribution is 2.42. The first-order valence-electron chi connectivity index (χ1n) is 6.08. The number of nitrogens with zero attached hydrogens (tertiary/aromatic N) is 1. The normalized spacial score (nSPS) is 27.9. The topological polar surface area (TPSA) is 29.5 Å². The first kappa shape index (κ1) is 11.6. The first-order valence-corrected chi connectivity index (χ1v) is 6.08. The van der Waals surface area contributed by atoms with Gasteiger partial charge in [-0.3, -0.25) is 4.79 Å². The van der Waals surface area contributed by atoms with Crippen molar-refractivity contribution in [3.05, 3.63) is 12.7 Å². The summed E-state index contributed by atoms with van der Waals surface area (Å²) in [6, 6.07) is 0. The lowest BCUT2D eigenvalue weighted by Crippen LogP contribution is -2.45. The molecule has 3 heteroatoms. The van der Waals surface area contributed by atoms with E-state index in [1.54, 1.807) is 7.11 Å². The van der Waals surface area contributed by atoms with Gasteiger partial charge in [-0.05, 0) is 12.8 Å². The largest absolute Gasteiger partial charge is 0.384 e. The van der Waals surface area contributed by atoms with Crippen molar-refractivity contribution < 1.29 is 9.53 Å². The highest BCUT2D eigenvalue weighted by atomic mass is 16.5. The standard InChI is InChI=1S/C13H21NO2/c1-3-11-7-12(15)14(8-11)9-13(10-16-2)5-4-6-13/h3,11H,1,4-10H2,2H3. The molecule has 0 radical (unpaired) electrons. The smallest absolute Gasteiger partial charge is 0.223 e. The third-order valence-electron chi connectivity index (χ3n) is 3.97. The van der Waals surface area contributed by atoms with Crippen molar-refractivity contribution in [2.24, 2.45) is 11.3 Å². The second-order valence-electron chi connectivity index (χ2n) is 5.26. The molecule has 1 aliphatic heterocycles. The second-order valence-corrected chi connectivity index (χ2v) is 5.26. The molecule has 0 aromatic carbocycles. The molecule has 3 nitrogen and oxygen atoms in total. The molecule has 0 bridgehead atoms. The summed E-state index contributed by atoms with van der Waals surface area (Å²) in [7, 11) is 1.75. The third kappa shape index (κ3) is 2.14. The minimum absolute atomic E-state index is 0.250. The zero-order valence-corrected chi connectivity index (χ0v) is 10.1. The minimum atomic E-state index is 0.250. The maximum absolute atomic E-state index is 11.8. The van der Waals surface area contributed by atoms with E-state index in [9.17, 15) is 4.79 Å². The molecule has 2 aliphatic rings. The highest BCUT2D eigenvalue weighted by molar-refractivity contribution is 5.79. The molecule has 1 atom stereocenters. The zero-order chi connectivity index (χ0) is 11.6. The van der Waals surface area contributed by atoms with Crippen LogP contribution in [0.4, 0.5) is 0 Å². The van der Waals surface area contributed by atoms with Crippen molar-refractivity contribution >= 4 is 5.91 Å². The van der Waals surface area contributed by atoms with Crippen molar-refractivity contribution in [1.29, 1.82) is 0 Å². The van der Waals surface area contributed by atoms with Gasteiger partial charge in [0.15, 0.2) is 0 Å². The third-order valence-corrected chi connectivity index (χ3v) is 3.97. The number of likely N-dealkylation sites (tertiary alicyclic amines) is 1. The van der Waals surface area contributed by atoms with Gasteiger partial charge in [0.05, 0.1) is 6.61 Å². The van der Waals surface area contributed by atoms with E-state index in [1.807, 2.05) is 11.0 Å². The average molecular weight is 223 g/mol. The summed E-state index contributed by atoms with van der Waals surface area (Å²) in [6.07, 6.45) is 6.22. The zero-order valence-electron chi connectivity index (χ0n) is 10.1. The Balaban J connectivity index is 1.93. The van der Waals surface area contributed by atoms with Crippen LogP contribution in [0.5, 0.6) is 0 Å². The van der Waals surface area contributed by atoms with Crippen molar-refractivity contribution in [1.82, 2.24) is 4.90 Å². The molecular formula is C13H21NO2. The van der Waals surface area contributed by atoms with Gasteiger partial charge >= 0.3 is 0 Å². The molecule has 1 aliphatic carbocycles. The van der Waals surface area contributed by atoms with Gasteiger partial charge in [-0.2, -0.15) is 0 Å². The molecule has 2 rings (SSSR count). The van der Waals surface area contributed by atoms with E-state index in [0.29, 0.717) is 12.3 Å². The number of ether oxygens (including phenoxy) is 1. The molecule has 2 fully saturated rings. The van der Waals surface area contributed by atoms with Gasteiger partial charge in [-0.25, -0.2) is 0 Å². The van der Waals surface area contributed by atoms with Gasteiger partial charge in [0.2, 0.25) is 5.91 Å². The van der Waals surface area contributed by atoms with Crippen LogP contribution in [0.3, 0.4) is 0 Å². The lowest BCUT2D eigenvalue weighted by atomic mass is 9.69. The summed E-state index contributed by atoms with van der Waals surface area (Å²) in [4.78, 5) is 13.8. The lowest BCUT2D eigenvalue weighted by Gasteiger charge is -2.43. The second kappa shape index (κ2) is 4.58. The summed E-state index contributed by atoms with van der Waals surface area (Å²) < 4.78 is 5.29. The van der Waals surface area contributed by atoms with Crippen LogP contribution in [0.25, 0.3) is 0 Å². The van der Waals surface area contributed by atoms with E-state index in [-0.39, 0.29) is 11.3 Å². The van der Waals surface area contributed by atoms with Crippen molar-refractivity contribution in [2.75, 3.05) is 26.8 Å². The monoisotopic (exact) mass is 223 g/mol. The molecule has 1 amide bonds. The van der Waals surface area contributed by atoms with E-state index < -0.39 is 0 Å². The van der Waals surface area contributed by atoms with Crippen molar-refractivity contribution in [3.8, 4) is 0 Å². The van der Waals surface area contributed by atoms with Gasteiger partial charge in [0.1, 0.15) is 0 Å². The van der Waals surface area contributed by atoms with E-state index in [2.05, 4.69) is 6.58 Å². The number of hydrogen-bond donors (Lipinski definition) is 0. The summed E-state index contributed by atoms with van der Waals surface area (Å²) in [5, 5.41) is 0. The molecule has 1 saturated heterocycles. The van der Waals surface area contributed by atoms with Gasteiger partial charge in [-0.1, -0.05) is 12.5 Å². The molecule has 16 heavy (non-hydrogen) atoms. The number of hydrogen-bond acceptors (Lipinski definition) is 2. The van der Waals surface area contributed by atoms with Gasteiger partial charge in [-0.15, -0.1) is 6.58 Å². The first-order chi connectivity index (χ1) is 7.69. The molecule has 1 heterocycles. The Labute approximate surface area is 97.5 Å². The highest BCUT2D eigenvalue weighted by Gasteiger charge is 2.41. The van der Waals surface area contributed by atoms with E-state index in [1.165, 1.54) is 19.3 Å². The van der Waals surface area contributed by atoms with Crippen molar-refractivity contribution in [2.45, 2.75) is 25.7 Å². The van der Waals surface area contributed by atoms with Crippen LogP contribution in [0, 0.1) is 11.3 Å². The SMILES string of the molecule is C=CC1CC(=O)N(CC2(COC)CCC2)C1. The summed E-state index contributed by atoms with van der Waals surface area (Å²) >= 11 is 0. The van der Waals surface area contributed by atoms with Crippen LogP contribution < -0.4 is 0 Å². The van der Waals surface area contributed by atoms with E-state index in [4.69, 9.17) is 4.74 Å². The Bertz CT molecular complexity index is 284. The van der Waals surface area contributed by atoms with E-state index >= 15 is 0 Å². The average Bonchev–Trinajstić information content (AvgIpc) is 2.56. The molecule has 0 spiro atoms. The van der Waals surface area contributed by atoms with Crippen LogP contribution in [0.2, 0.25) is 0 Å². The van der Waals surface area contributed by atoms with Gasteiger partial charge < -0.3 is 9.64 Å². The summed E-state index contributed by atoms with van der Waals surface area (Å²) in [5.74, 6) is 0.638. The van der Waals surface area contributed by atoms with Gasteiger partial charge in [0, 0.05) is 38.0 Å². The maximum atomic E-state index is 11.8. The number of rotatable bonds is 5. The predicted octanol–water partition coefficient (Wildman–Crippen LogP) is 1.84. The Morgan fingerprint density at radius 1 is 1.62 bits per heavy atom. The molecular weight excluding hydrogens is 202 g/mol. The fourth-order valence-corrected chi connectivity index (χ4v) is 2.85. The maximum Gasteiger partial charge on any atom is 0.223 e. The van der Waals surface area contributed by atoms with Crippen LogP contribution >= 0.6 is 0 Å². The Morgan fingerprint density at radius 3 is 2.81 bits per heavy atom. The van der Waals surface area contributed by atoms with Crippen LogP contribution in [-0.4, -0.2) is 37.6 Å². The Kier molecular flexibility index (Phi) is 3.33. The quantitative estimate of drug-likeness (QED) is 0.666. The summed E-state index contributed by atoms with van der Waals surface area (Å²) in [6.45, 7) is 6.30. The Hall–Kier alpha value is -0.830. The molecule has 0 aromatic rings.